The minimum absolute atomic E-state index is 0. The molecule has 1 aromatic heterocycles. The van der Waals surface area contributed by atoms with Gasteiger partial charge in [0.05, 0.1) is 13.1 Å². The molecule has 0 unspecified atom stereocenters. The molecule has 2 nitrogen and oxygen atoms in total. The summed E-state index contributed by atoms with van der Waals surface area (Å²) in [6.07, 6.45) is 23.4. The van der Waals surface area contributed by atoms with Crippen molar-refractivity contribution in [3.8, 4) is 0 Å². The van der Waals surface area contributed by atoms with Gasteiger partial charge in [0.15, 0.2) is 0 Å². The molecule has 1 rings (SSSR count). The molecule has 0 aliphatic rings. The summed E-state index contributed by atoms with van der Waals surface area (Å²) in [4.78, 5) is 0. The summed E-state index contributed by atoms with van der Waals surface area (Å²) in [5.41, 5.74) is 0. The molecule has 0 saturated heterocycles. The Morgan fingerprint density at radius 2 is 1.27 bits per heavy atom. The van der Waals surface area contributed by atoms with E-state index in [1.807, 2.05) is 0 Å². The van der Waals surface area contributed by atoms with E-state index in [2.05, 4.69) is 41.7 Å². The number of rotatable bonds is 14. The lowest BCUT2D eigenvalue weighted by Crippen LogP contribution is -3.00. The molecule has 1 aromatic rings. The summed E-state index contributed by atoms with van der Waals surface area (Å²) in [5, 5.41) is 0. The molecule has 0 fully saturated rings. The van der Waals surface area contributed by atoms with Crippen LogP contribution in [0, 0.1) is 0 Å². The zero-order valence-corrected chi connectivity index (χ0v) is 15.7. The first kappa shape index (κ1) is 21.5. The fraction of sp³-hybridized carbons (Fsp3) is 0.842. The molecular formula is C19H37ClN2. The van der Waals surface area contributed by atoms with Gasteiger partial charge >= 0.3 is 0 Å². The van der Waals surface area contributed by atoms with Crippen LogP contribution < -0.4 is 17.0 Å². The first-order valence-corrected chi connectivity index (χ1v) is 9.41. The standard InChI is InChI=1S/C19H37N2.ClH/c1-3-5-7-8-9-10-11-12-13-14-16-21-18-17-20(19-21)15-6-4-2;/h17-19H,3-16H2,1-2H3;1H/q+1;/p-1. The number of aryl methyl sites for hydroxylation is 2. The number of halogens is 1. The van der Waals surface area contributed by atoms with Crippen LogP contribution in [0.15, 0.2) is 18.7 Å². The molecule has 0 N–H and O–H groups in total. The second-order valence-corrected chi connectivity index (χ2v) is 6.42. The Balaban J connectivity index is 0.00000441. The maximum atomic E-state index is 2.35. The van der Waals surface area contributed by atoms with Gasteiger partial charge in [-0.3, -0.25) is 0 Å². The topological polar surface area (TPSA) is 8.81 Å². The Kier molecular flexibility index (Phi) is 15.0. The summed E-state index contributed by atoms with van der Waals surface area (Å²) in [5.74, 6) is 0. The van der Waals surface area contributed by atoms with Gasteiger partial charge in [-0.2, -0.15) is 0 Å². The molecule has 0 spiro atoms. The van der Waals surface area contributed by atoms with E-state index in [4.69, 9.17) is 0 Å². The molecule has 22 heavy (non-hydrogen) atoms. The fourth-order valence-electron chi connectivity index (χ4n) is 2.83. The molecule has 0 radical (unpaired) electrons. The van der Waals surface area contributed by atoms with E-state index in [0.717, 1.165) is 0 Å². The molecule has 0 atom stereocenters. The van der Waals surface area contributed by atoms with Crippen LogP contribution >= 0.6 is 0 Å². The second kappa shape index (κ2) is 15.4. The Labute approximate surface area is 144 Å². The average Bonchev–Trinajstić information content (AvgIpc) is 2.95. The molecule has 1 heterocycles. The summed E-state index contributed by atoms with van der Waals surface area (Å²) in [6.45, 7) is 6.90. The quantitative estimate of drug-likeness (QED) is 0.366. The highest BCUT2D eigenvalue weighted by atomic mass is 35.5. The monoisotopic (exact) mass is 328 g/mol. The van der Waals surface area contributed by atoms with Crippen LogP contribution in [0.1, 0.15) is 90.9 Å². The summed E-state index contributed by atoms with van der Waals surface area (Å²) >= 11 is 0. The number of unbranched alkanes of at least 4 members (excludes halogenated alkanes) is 10. The number of nitrogens with zero attached hydrogens (tertiary/aromatic N) is 2. The fourth-order valence-corrected chi connectivity index (χ4v) is 2.83. The van der Waals surface area contributed by atoms with Crippen LogP contribution in [-0.2, 0) is 13.1 Å². The number of imidazole rings is 1. The van der Waals surface area contributed by atoms with Crippen molar-refractivity contribution in [1.29, 1.82) is 0 Å². The largest absolute Gasteiger partial charge is 1.00 e. The van der Waals surface area contributed by atoms with Crippen LogP contribution in [-0.4, -0.2) is 4.57 Å². The summed E-state index contributed by atoms with van der Waals surface area (Å²) < 4.78 is 4.67. The van der Waals surface area contributed by atoms with Crippen molar-refractivity contribution in [1.82, 2.24) is 4.57 Å². The number of hydrogen-bond acceptors (Lipinski definition) is 0. The van der Waals surface area contributed by atoms with Crippen molar-refractivity contribution in [2.45, 2.75) is 104 Å². The molecule has 0 saturated carbocycles. The van der Waals surface area contributed by atoms with E-state index in [0.29, 0.717) is 0 Å². The number of hydrogen-bond donors (Lipinski definition) is 0. The highest BCUT2D eigenvalue weighted by Crippen LogP contribution is 2.10. The van der Waals surface area contributed by atoms with Crippen LogP contribution in [0.2, 0.25) is 0 Å². The van der Waals surface area contributed by atoms with Crippen molar-refractivity contribution < 1.29 is 17.0 Å². The maximum Gasteiger partial charge on any atom is 0.243 e. The lowest BCUT2D eigenvalue weighted by Gasteiger charge is -2.01. The minimum Gasteiger partial charge on any atom is -1.00 e. The second-order valence-electron chi connectivity index (χ2n) is 6.42. The van der Waals surface area contributed by atoms with E-state index in [1.54, 1.807) is 0 Å². The SMILES string of the molecule is CCCCCCCCCCCC[n+]1ccn(CCCC)c1.[Cl-]. The third kappa shape index (κ3) is 11.1. The van der Waals surface area contributed by atoms with Gasteiger partial charge in [-0.05, 0) is 19.3 Å². The van der Waals surface area contributed by atoms with Gasteiger partial charge in [0, 0.05) is 0 Å². The lowest BCUT2D eigenvalue weighted by atomic mass is 10.1. The van der Waals surface area contributed by atoms with E-state index >= 15 is 0 Å². The van der Waals surface area contributed by atoms with Crippen molar-refractivity contribution in [2.24, 2.45) is 0 Å². The van der Waals surface area contributed by atoms with E-state index < -0.39 is 0 Å². The molecule has 0 aliphatic heterocycles. The molecular weight excluding hydrogens is 292 g/mol. The van der Waals surface area contributed by atoms with Crippen molar-refractivity contribution >= 4 is 0 Å². The van der Waals surface area contributed by atoms with E-state index in [1.165, 1.54) is 90.1 Å². The van der Waals surface area contributed by atoms with Crippen LogP contribution in [0.4, 0.5) is 0 Å². The Morgan fingerprint density at radius 1 is 0.727 bits per heavy atom. The normalized spacial score (nSPS) is 10.6. The summed E-state index contributed by atoms with van der Waals surface area (Å²) in [7, 11) is 0. The van der Waals surface area contributed by atoms with Crippen LogP contribution in [0.25, 0.3) is 0 Å². The highest BCUT2D eigenvalue weighted by Gasteiger charge is 2.02. The van der Waals surface area contributed by atoms with Gasteiger partial charge < -0.3 is 12.4 Å². The third-order valence-electron chi connectivity index (χ3n) is 4.29. The maximum absolute atomic E-state index is 2.35. The van der Waals surface area contributed by atoms with E-state index in [9.17, 15) is 0 Å². The predicted octanol–water partition coefficient (Wildman–Crippen LogP) is 2.50. The van der Waals surface area contributed by atoms with Gasteiger partial charge in [-0.25, -0.2) is 9.13 Å². The van der Waals surface area contributed by atoms with Crippen molar-refractivity contribution in [3.63, 3.8) is 0 Å². The van der Waals surface area contributed by atoms with Gasteiger partial charge in [0.2, 0.25) is 6.33 Å². The Bertz CT molecular complexity index is 336. The van der Waals surface area contributed by atoms with Crippen LogP contribution in [0.3, 0.4) is 0 Å². The molecule has 130 valence electrons. The van der Waals surface area contributed by atoms with Gasteiger partial charge in [0.25, 0.3) is 0 Å². The van der Waals surface area contributed by atoms with Gasteiger partial charge in [-0.15, -0.1) is 0 Å². The molecule has 3 heteroatoms. The Hall–Kier alpha value is -0.500. The van der Waals surface area contributed by atoms with Crippen molar-refractivity contribution in [3.05, 3.63) is 18.7 Å². The zero-order chi connectivity index (χ0) is 15.2. The van der Waals surface area contributed by atoms with Gasteiger partial charge in [0.1, 0.15) is 12.4 Å². The first-order chi connectivity index (χ1) is 10.4. The average molecular weight is 329 g/mol. The minimum atomic E-state index is 0. The smallest absolute Gasteiger partial charge is 0.243 e. The molecule has 0 amide bonds. The third-order valence-corrected chi connectivity index (χ3v) is 4.29. The predicted molar refractivity (Wildman–Crippen MR) is 91.4 cm³/mol. The molecule has 0 aromatic carbocycles. The summed E-state index contributed by atoms with van der Waals surface area (Å²) in [6, 6.07) is 0. The molecule has 0 bridgehead atoms. The lowest BCUT2D eigenvalue weighted by molar-refractivity contribution is -0.696. The first-order valence-electron chi connectivity index (χ1n) is 9.41. The Morgan fingerprint density at radius 3 is 1.86 bits per heavy atom. The van der Waals surface area contributed by atoms with Gasteiger partial charge in [-0.1, -0.05) is 71.6 Å². The number of aromatic nitrogens is 2. The van der Waals surface area contributed by atoms with Crippen molar-refractivity contribution in [2.75, 3.05) is 0 Å². The van der Waals surface area contributed by atoms with E-state index in [-0.39, 0.29) is 12.4 Å². The zero-order valence-electron chi connectivity index (χ0n) is 14.9. The molecule has 0 aliphatic carbocycles. The highest BCUT2D eigenvalue weighted by molar-refractivity contribution is 4.65. The van der Waals surface area contributed by atoms with Crippen LogP contribution in [0.5, 0.6) is 0 Å².